The molecular formula is C16H14NO6S2-. The van der Waals surface area contributed by atoms with Crippen LogP contribution in [0.4, 0.5) is 5.69 Å². The molecule has 0 fully saturated rings. The van der Waals surface area contributed by atoms with E-state index in [0.717, 1.165) is 11.8 Å². The molecule has 0 bridgehead atoms. The van der Waals surface area contributed by atoms with Gasteiger partial charge in [-0.25, -0.2) is 0 Å². The molecule has 132 valence electrons. The number of carbonyl (C=O) groups excluding carboxylic acids is 2. The Morgan fingerprint density at radius 3 is 2.24 bits per heavy atom. The molecule has 0 aliphatic carbocycles. The van der Waals surface area contributed by atoms with Crippen LogP contribution in [0, 0.1) is 0 Å². The first-order chi connectivity index (χ1) is 11.9. The Kier molecular flexibility index (Phi) is 6.43. The first-order valence-electron chi connectivity index (χ1n) is 7.04. The average Bonchev–Trinajstić information content (AvgIpc) is 2.55. The predicted molar refractivity (Wildman–Crippen MR) is 92.7 cm³/mol. The molecule has 0 spiro atoms. The standard InChI is InChI=1S/C16H15NO6S2/c18-15(10-24-11-16(19)20)12-6-8-13(9-7-12)17-25(21,22)23-14-4-2-1-3-5-14/h1-9,17H,10-11H2,(H,19,20)/p-1. The fourth-order valence-corrected chi connectivity index (χ4v) is 3.25. The Morgan fingerprint density at radius 2 is 1.64 bits per heavy atom. The summed E-state index contributed by atoms with van der Waals surface area (Å²) >= 11 is 0.937. The molecule has 0 aliphatic heterocycles. The van der Waals surface area contributed by atoms with E-state index >= 15 is 0 Å². The van der Waals surface area contributed by atoms with Crippen LogP contribution in [0.2, 0.25) is 0 Å². The normalized spacial score (nSPS) is 10.9. The van der Waals surface area contributed by atoms with Crippen molar-refractivity contribution in [3.63, 3.8) is 0 Å². The van der Waals surface area contributed by atoms with Gasteiger partial charge in [0, 0.05) is 11.3 Å². The van der Waals surface area contributed by atoms with Gasteiger partial charge in [-0.2, -0.15) is 8.42 Å². The molecular weight excluding hydrogens is 366 g/mol. The summed E-state index contributed by atoms with van der Waals surface area (Å²) in [7, 11) is -4.06. The molecule has 0 radical (unpaired) electrons. The first-order valence-corrected chi connectivity index (χ1v) is 9.60. The van der Waals surface area contributed by atoms with Crippen LogP contribution in [0.1, 0.15) is 10.4 Å². The molecule has 7 nitrogen and oxygen atoms in total. The second-order valence-electron chi connectivity index (χ2n) is 4.82. The Hall–Kier alpha value is -2.52. The van der Waals surface area contributed by atoms with E-state index < -0.39 is 16.3 Å². The van der Waals surface area contributed by atoms with Crippen molar-refractivity contribution < 1.29 is 27.3 Å². The highest BCUT2D eigenvalue weighted by Gasteiger charge is 2.13. The molecule has 0 atom stereocenters. The Morgan fingerprint density at radius 1 is 1.00 bits per heavy atom. The van der Waals surface area contributed by atoms with Gasteiger partial charge in [0.05, 0.1) is 17.4 Å². The number of aliphatic carboxylic acids is 1. The number of ketones is 1. The topological polar surface area (TPSA) is 113 Å². The van der Waals surface area contributed by atoms with E-state index in [2.05, 4.69) is 4.72 Å². The minimum absolute atomic E-state index is 0.00380. The highest BCUT2D eigenvalue weighted by atomic mass is 32.2. The number of hydrogen-bond acceptors (Lipinski definition) is 7. The maximum Gasteiger partial charge on any atom is 0.407 e. The molecule has 0 saturated carbocycles. The van der Waals surface area contributed by atoms with Crippen molar-refractivity contribution >= 4 is 39.5 Å². The van der Waals surface area contributed by atoms with Crippen molar-refractivity contribution in [3.8, 4) is 5.75 Å². The van der Waals surface area contributed by atoms with E-state index in [1.54, 1.807) is 18.2 Å². The summed E-state index contributed by atoms with van der Waals surface area (Å²) in [4.78, 5) is 22.2. The molecule has 0 unspecified atom stereocenters. The molecule has 0 heterocycles. The number of hydrogen-bond donors (Lipinski definition) is 1. The van der Waals surface area contributed by atoms with Gasteiger partial charge in [0.2, 0.25) is 0 Å². The molecule has 9 heteroatoms. The minimum Gasteiger partial charge on any atom is -0.549 e. The number of anilines is 1. The number of para-hydroxylation sites is 1. The molecule has 1 N–H and O–H groups in total. The van der Waals surface area contributed by atoms with E-state index in [1.807, 2.05) is 0 Å². The second-order valence-corrected chi connectivity index (χ2v) is 7.08. The third-order valence-electron chi connectivity index (χ3n) is 2.85. The van der Waals surface area contributed by atoms with Crippen LogP contribution in [0.3, 0.4) is 0 Å². The molecule has 0 saturated heterocycles. The van der Waals surface area contributed by atoms with E-state index in [0.29, 0.717) is 5.56 Å². The zero-order valence-electron chi connectivity index (χ0n) is 12.9. The maximum absolute atomic E-state index is 11.9. The zero-order chi connectivity index (χ0) is 18.3. The number of thioether (sulfide) groups is 1. The van der Waals surface area contributed by atoms with Crippen LogP contribution in [0.25, 0.3) is 0 Å². The van der Waals surface area contributed by atoms with Crippen LogP contribution in [-0.4, -0.2) is 31.7 Å². The SMILES string of the molecule is O=C([O-])CSCC(=O)c1ccc(NS(=O)(=O)Oc2ccccc2)cc1. The molecule has 25 heavy (non-hydrogen) atoms. The number of Topliss-reactive ketones (excluding diaryl/α,β-unsaturated/α-hetero) is 1. The highest BCUT2D eigenvalue weighted by Crippen LogP contribution is 2.16. The van der Waals surface area contributed by atoms with Crippen LogP contribution in [0.15, 0.2) is 54.6 Å². The quantitative estimate of drug-likeness (QED) is 0.648. The van der Waals surface area contributed by atoms with Crippen molar-refractivity contribution in [2.75, 3.05) is 16.2 Å². The van der Waals surface area contributed by atoms with Gasteiger partial charge in [0.1, 0.15) is 5.75 Å². The molecule has 2 aromatic rings. The number of carbonyl (C=O) groups is 2. The van der Waals surface area contributed by atoms with Gasteiger partial charge < -0.3 is 14.1 Å². The van der Waals surface area contributed by atoms with E-state index in [-0.39, 0.29) is 28.7 Å². The van der Waals surface area contributed by atoms with Crippen LogP contribution < -0.4 is 14.0 Å². The molecule has 0 amide bonds. The van der Waals surface area contributed by atoms with Gasteiger partial charge >= 0.3 is 10.3 Å². The fraction of sp³-hybridized carbons (Fsp3) is 0.125. The summed E-state index contributed by atoms with van der Waals surface area (Å²) in [6.45, 7) is 0. The van der Waals surface area contributed by atoms with Crippen molar-refractivity contribution in [2.45, 2.75) is 0 Å². The zero-order valence-corrected chi connectivity index (χ0v) is 14.5. The number of carboxylic acid groups (broad SMARTS) is 1. The molecule has 2 rings (SSSR count). The van der Waals surface area contributed by atoms with Crippen LogP contribution >= 0.6 is 11.8 Å². The lowest BCUT2D eigenvalue weighted by Crippen LogP contribution is -2.25. The predicted octanol–water partition coefficient (Wildman–Crippen LogP) is 1.09. The van der Waals surface area contributed by atoms with Gasteiger partial charge in [-0.1, -0.05) is 18.2 Å². The highest BCUT2D eigenvalue weighted by molar-refractivity contribution is 8.00. The van der Waals surface area contributed by atoms with Gasteiger partial charge in [-0.05, 0) is 36.4 Å². The van der Waals surface area contributed by atoms with Crippen molar-refractivity contribution in [3.05, 3.63) is 60.2 Å². The van der Waals surface area contributed by atoms with Crippen LogP contribution in [-0.2, 0) is 15.1 Å². The van der Waals surface area contributed by atoms with Gasteiger partial charge in [-0.15, -0.1) is 11.8 Å². The van der Waals surface area contributed by atoms with Gasteiger partial charge in [-0.3, -0.25) is 9.52 Å². The molecule has 0 aliphatic rings. The number of nitrogens with one attached hydrogen (secondary N) is 1. The molecule has 2 aromatic carbocycles. The monoisotopic (exact) mass is 380 g/mol. The third-order valence-corrected chi connectivity index (χ3v) is 4.66. The van der Waals surface area contributed by atoms with Crippen LogP contribution in [0.5, 0.6) is 5.75 Å². The summed E-state index contributed by atoms with van der Waals surface area (Å²) < 4.78 is 31.0. The summed E-state index contributed by atoms with van der Waals surface area (Å²) in [5, 5.41) is 10.3. The first kappa shape index (κ1) is 18.8. The fourth-order valence-electron chi connectivity index (χ4n) is 1.80. The summed E-state index contributed by atoms with van der Waals surface area (Å²) in [5.41, 5.74) is 0.577. The number of carboxylic acids is 1. The summed E-state index contributed by atoms with van der Waals surface area (Å²) in [6.07, 6.45) is 0. The van der Waals surface area contributed by atoms with Gasteiger partial charge in [0.15, 0.2) is 5.78 Å². The van der Waals surface area contributed by atoms with E-state index in [1.165, 1.54) is 36.4 Å². The minimum atomic E-state index is -4.06. The number of rotatable bonds is 9. The lowest BCUT2D eigenvalue weighted by Gasteiger charge is -2.09. The summed E-state index contributed by atoms with van der Waals surface area (Å²) in [5.74, 6) is -1.59. The number of benzene rings is 2. The van der Waals surface area contributed by atoms with Crippen molar-refractivity contribution in [2.24, 2.45) is 0 Å². The lowest BCUT2D eigenvalue weighted by atomic mass is 10.1. The Balaban J connectivity index is 1.95. The smallest absolute Gasteiger partial charge is 0.407 e. The molecule has 0 aromatic heterocycles. The van der Waals surface area contributed by atoms with E-state index in [9.17, 15) is 23.1 Å². The Bertz CT molecular complexity index is 835. The van der Waals surface area contributed by atoms with E-state index in [4.69, 9.17) is 4.18 Å². The largest absolute Gasteiger partial charge is 0.549 e. The second kappa shape index (κ2) is 8.54. The maximum atomic E-state index is 11.9. The van der Waals surface area contributed by atoms with Crippen molar-refractivity contribution in [1.82, 2.24) is 0 Å². The summed E-state index contributed by atoms with van der Waals surface area (Å²) in [6, 6.07) is 13.8. The Labute approximate surface area is 149 Å². The average molecular weight is 380 g/mol. The third kappa shape index (κ3) is 6.48. The lowest BCUT2D eigenvalue weighted by molar-refractivity contribution is -0.301. The van der Waals surface area contributed by atoms with Crippen molar-refractivity contribution in [1.29, 1.82) is 0 Å². The van der Waals surface area contributed by atoms with Gasteiger partial charge in [0.25, 0.3) is 0 Å².